The lowest BCUT2D eigenvalue weighted by Gasteiger charge is -2.15. The first kappa shape index (κ1) is 23.1. The van der Waals surface area contributed by atoms with Gasteiger partial charge in [0, 0.05) is 35.5 Å². The van der Waals surface area contributed by atoms with Crippen molar-refractivity contribution in [2.75, 3.05) is 12.4 Å². The molecule has 174 valence electrons. The van der Waals surface area contributed by atoms with E-state index in [9.17, 15) is 13.8 Å². The van der Waals surface area contributed by atoms with E-state index >= 15 is 0 Å². The summed E-state index contributed by atoms with van der Waals surface area (Å²) in [5, 5.41) is 4.59. The zero-order valence-corrected chi connectivity index (χ0v) is 20.9. The Bertz CT molecular complexity index is 1500. The van der Waals surface area contributed by atoms with E-state index in [0.29, 0.717) is 31.9 Å². The number of amides is 2. The Balaban J connectivity index is 1.39. The van der Waals surface area contributed by atoms with Gasteiger partial charge in [0.1, 0.15) is 8.55 Å². The minimum atomic E-state index is -1.79. The largest absolute Gasteiger partial charge is 0.331 e. The van der Waals surface area contributed by atoms with Gasteiger partial charge < -0.3 is 5.32 Å². The SMILES string of the molecule is CN1Cc2c(n(-c3ccc(NC(=O)NS(=O)c4cc(Cl)c(Cl)s4)cc3)c(=O)c3ccccc23)C1. The summed E-state index contributed by atoms with van der Waals surface area (Å²) in [4.78, 5) is 27.8. The summed E-state index contributed by atoms with van der Waals surface area (Å²) in [6.45, 7) is 1.44. The summed E-state index contributed by atoms with van der Waals surface area (Å²) in [7, 11) is 0.232. The van der Waals surface area contributed by atoms with Crippen molar-refractivity contribution in [3.05, 3.63) is 85.6 Å². The molecule has 0 spiro atoms. The van der Waals surface area contributed by atoms with E-state index in [1.807, 2.05) is 31.3 Å². The number of hydrogen-bond acceptors (Lipinski definition) is 5. The van der Waals surface area contributed by atoms with Crippen molar-refractivity contribution in [2.45, 2.75) is 17.3 Å². The molecule has 0 bridgehead atoms. The first-order chi connectivity index (χ1) is 16.3. The van der Waals surface area contributed by atoms with Gasteiger partial charge in [-0.25, -0.2) is 9.00 Å². The molecule has 0 aliphatic carbocycles. The molecule has 34 heavy (non-hydrogen) atoms. The van der Waals surface area contributed by atoms with Crippen molar-refractivity contribution in [1.82, 2.24) is 14.2 Å². The highest BCUT2D eigenvalue weighted by molar-refractivity contribution is 7.86. The molecule has 2 amide bonds. The van der Waals surface area contributed by atoms with Gasteiger partial charge in [-0.2, -0.15) is 0 Å². The number of benzene rings is 2. The second kappa shape index (κ2) is 9.16. The maximum absolute atomic E-state index is 13.4. The van der Waals surface area contributed by atoms with Crippen molar-refractivity contribution in [3.8, 4) is 5.69 Å². The van der Waals surface area contributed by atoms with Gasteiger partial charge in [0.15, 0.2) is 11.0 Å². The lowest BCUT2D eigenvalue weighted by molar-refractivity contribution is 0.257. The molecule has 0 saturated carbocycles. The smallest absolute Gasteiger partial charge is 0.307 e. The van der Waals surface area contributed by atoms with Gasteiger partial charge in [-0.05, 0) is 54.4 Å². The van der Waals surface area contributed by atoms with Crippen LogP contribution < -0.4 is 15.6 Å². The van der Waals surface area contributed by atoms with Gasteiger partial charge in [0.05, 0.1) is 5.02 Å². The average Bonchev–Trinajstić information content (AvgIpc) is 3.36. The summed E-state index contributed by atoms with van der Waals surface area (Å²) in [5.74, 6) is 0. The number of aromatic nitrogens is 1. The predicted octanol–water partition coefficient (Wildman–Crippen LogP) is 5.15. The third kappa shape index (κ3) is 4.25. The number of carbonyl (C=O) groups excluding carboxylic acids is 1. The fraction of sp³-hybridized carbons (Fsp3) is 0.130. The van der Waals surface area contributed by atoms with Crippen LogP contribution in [0.15, 0.2) is 63.6 Å². The highest BCUT2D eigenvalue weighted by atomic mass is 35.5. The fourth-order valence-corrected chi connectivity index (χ4v) is 6.59. The van der Waals surface area contributed by atoms with Crippen molar-refractivity contribution < 1.29 is 9.00 Å². The first-order valence-electron chi connectivity index (χ1n) is 10.2. The Labute approximate surface area is 211 Å². The van der Waals surface area contributed by atoms with Gasteiger partial charge >= 0.3 is 6.03 Å². The molecule has 0 saturated heterocycles. The van der Waals surface area contributed by atoms with E-state index in [0.717, 1.165) is 34.5 Å². The van der Waals surface area contributed by atoms with Crippen molar-refractivity contribution >= 4 is 68.0 Å². The molecule has 1 aliphatic rings. The number of hydrogen-bond donors (Lipinski definition) is 2. The number of thiophene rings is 1. The summed E-state index contributed by atoms with van der Waals surface area (Å²) in [5.41, 5.74) is 3.23. The molecule has 1 atom stereocenters. The number of halogens is 2. The second-order valence-electron chi connectivity index (χ2n) is 7.84. The van der Waals surface area contributed by atoms with E-state index in [1.165, 1.54) is 6.07 Å². The standard InChI is InChI=1S/C23H18Cl2N4O3S2/c1-28-11-17-15-4-2-3-5-16(15)22(30)29(19(17)12-28)14-8-6-13(7-9-14)26-23(31)27-34(32)20-10-18(24)21(25)33-20/h2-10H,11-12H2,1H3,(H2,26,27,31). The van der Waals surface area contributed by atoms with E-state index in [1.54, 1.807) is 28.8 Å². The van der Waals surface area contributed by atoms with Crippen LogP contribution in [0.25, 0.3) is 16.5 Å². The van der Waals surface area contributed by atoms with Crippen LogP contribution in [0.4, 0.5) is 10.5 Å². The first-order valence-corrected chi connectivity index (χ1v) is 12.9. The van der Waals surface area contributed by atoms with Gasteiger partial charge in [0.2, 0.25) is 0 Å². The number of carbonyl (C=O) groups is 1. The Kier molecular flexibility index (Phi) is 6.22. The van der Waals surface area contributed by atoms with Crippen LogP contribution in [0.3, 0.4) is 0 Å². The molecule has 5 rings (SSSR count). The maximum atomic E-state index is 13.4. The monoisotopic (exact) mass is 532 g/mol. The Morgan fingerprint density at radius 1 is 1.06 bits per heavy atom. The van der Waals surface area contributed by atoms with Crippen LogP contribution in [-0.2, 0) is 24.1 Å². The molecule has 1 unspecified atom stereocenters. The third-order valence-electron chi connectivity index (χ3n) is 5.53. The number of anilines is 1. The zero-order valence-electron chi connectivity index (χ0n) is 17.8. The van der Waals surface area contributed by atoms with Crippen molar-refractivity contribution in [1.29, 1.82) is 0 Å². The van der Waals surface area contributed by atoms with Crippen LogP contribution in [0.5, 0.6) is 0 Å². The molecule has 2 aromatic carbocycles. The molecule has 0 radical (unpaired) electrons. The van der Waals surface area contributed by atoms with E-state index in [-0.39, 0.29) is 10.6 Å². The molecule has 2 aromatic heterocycles. The highest BCUT2D eigenvalue weighted by Gasteiger charge is 2.24. The minimum absolute atomic E-state index is 0.0771. The van der Waals surface area contributed by atoms with Gasteiger partial charge in [-0.1, -0.05) is 41.4 Å². The Morgan fingerprint density at radius 3 is 2.44 bits per heavy atom. The van der Waals surface area contributed by atoms with Gasteiger partial charge in [-0.15, -0.1) is 11.3 Å². The summed E-state index contributed by atoms with van der Waals surface area (Å²) in [6, 6.07) is 15.4. The number of fused-ring (bicyclic) bond motifs is 3. The molecule has 11 heteroatoms. The molecule has 0 fully saturated rings. The molecular formula is C23H18Cl2N4O3S2. The van der Waals surface area contributed by atoms with Crippen molar-refractivity contribution in [3.63, 3.8) is 0 Å². The Hall–Kier alpha value is -2.69. The number of nitrogens with zero attached hydrogens (tertiary/aromatic N) is 2. The second-order valence-corrected chi connectivity index (χ2v) is 11.3. The van der Waals surface area contributed by atoms with Gasteiger partial charge in [-0.3, -0.25) is 19.0 Å². The maximum Gasteiger partial charge on any atom is 0.331 e. The Morgan fingerprint density at radius 2 is 1.76 bits per heavy atom. The molecule has 3 heterocycles. The molecule has 2 N–H and O–H groups in total. The third-order valence-corrected chi connectivity index (χ3v) is 8.74. The topological polar surface area (TPSA) is 83.4 Å². The molecular weight excluding hydrogens is 515 g/mol. The van der Waals surface area contributed by atoms with Crippen LogP contribution >= 0.6 is 34.5 Å². The van der Waals surface area contributed by atoms with Crippen molar-refractivity contribution in [2.24, 2.45) is 0 Å². The highest BCUT2D eigenvalue weighted by Crippen LogP contribution is 2.33. The lowest BCUT2D eigenvalue weighted by Crippen LogP contribution is -2.30. The summed E-state index contributed by atoms with van der Waals surface area (Å²) >= 11 is 12.8. The lowest BCUT2D eigenvalue weighted by atomic mass is 10.0. The number of urea groups is 1. The van der Waals surface area contributed by atoms with Gasteiger partial charge in [0.25, 0.3) is 5.56 Å². The molecule has 7 nitrogen and oxygen atoms in total. The average molecular weight is 533 g/mol. The minimum Gasteiger partial charge on any atom is -0.307 e. The number of rotatable bonds is 4. The number of pyridine rings is 1. The zero-order chi connectivity index (χ0) is 24.0. The summed E-state index contributed by atoms with van der Waals surface area (Å²) < 4.78 is 17.1. The van der Waals surface area contributed by atoms with Crippen LogP contribution in [0.1, 0.15) is 11.3 Å². The fourth-order valence-electron chi connectivity index (χ4n) is 4.07. The predicted molar refractivity (Wildman–Crippen MR) is 138 cm³/mol. The molecule has 4 aromatic rings. The van der Waals surface area contributed by atoms with Crippen LogP contribution in [0, 0.1) is 0 Å². The van der Waals surface area contributed by atoms with E-state index in [2.05, 4.69) is 14.9 Å². The summed E-state index contributed by atoms with van der Waals surface area (Å²) in [6.07, 6.45) is 0. The van der Waals surface area contributed by atoms with E-state index < -0.39 is 17.0 Å². The van der Waals surface area contributed by atoms with Crippen LogP contribution in [-0.4, -0.2) is 26.8 Å². The van der Waals surface area contributed by atoms with Crippen LogP contribution in [0.2, 0.25) is 9.36 Å². The quantitative estimate of drug-likeness (QED) is 0.380. The van der Waals surface area contributed by atoms with E-state index in [4.69, 9.17) is 23.2 Å². The normalized spacial score (nSPS) is 14.2. The number of nitrogens with one attached hydrogen (secondary N) is 2. The molecule has 1 aliphatic heterocycles.